The van der Waals surface area contributed by atoms with Gasteiger partial charge in [-0.05, 0) is 0 Å². The molecule has 0 aliphatic carbocycles. The van der Waals surface area contributed by atoms with Gasteiger partial charge in [0, 0.05) is 0 Å². The van der Waals surface area contributed by atoms with E-state index in [1.54, 1.807) is 0 Å². The maximum absolute atomic E-state index is 12.3. The number of esters is 1. The molecule has 0 unspecified atom stereocenters. The normalized spacial score (nSPS) is 12.1. The fourth-order valence-electron chi connectivity index (χ4n) is 3.27. The molecular weight excluding hydrogens is 431 g/mol. The number of hydrogen-bond acceptors (Lipinski definition) is 3. The van der Waals surface area contributed by atoms with Crippen molar-refractivity contribution in [2.75, 3.05) is 7.11 Å². The van der Waals surface area contributed by atoms with Gasteiger partial charge in [0.05, 0.1) is 0 Å². The van der Waals surface area contributed by atoms with Crippen LogP contribution in [0.1, 0.15) is 86.0 Å². The van der Waals surface area contributed by atoms with Crippen molar-refractivity contribution in [2.24, 2.45) is 0 Å². The predicted molar refractivity (Wildman–Crippen MR) is 113 cm³/mol. The summed E-state index contributed by atoms with van der Waals surface area (Å²) in [6, 6.07) is 0. The molecule has 0 heterocycles. The molecule has 0 bridgehead atoms. The standard InChI is InChI=1S/C10H14O3.3C4H9.Sn/c1-4-5-6-7-9(8(2)11)10(12)13-3;3*1-3-4-2;/h11H,6-7H2,1-3H3;3*1,3-4H2,2H3;/q;;;;+1/p-1/b9-8-;;;;. The molecule has 4 heteroatoms. The molecule has 0 N–H and O–H groups in total. The summed E-state index contributed by atoms with van der Waals surface area (Å²) in [7, 11) is 1.45. The quantitative estimate of drug-likeness (QED) is 0.0942. The van der Waals surface area contributed by atoms with E-state index in [2.05, 4.69) is 32.6 Å². The number of carbonyl (C=O) groups is 1. The van der Waals surface area contributed by atoms with Crippen LogP contribution in [0.3, 0.4) is 0 Å². The summed E-state index contributed by atoms with van der Waals surface area (Å²) in [6.45, 7) is 10.6. The van der Waals surface area contributed by atoms with Gasteiger partial charge in [-0.2, -0.15) is 0 Å². The van der Waals surface area contributed by atoms with Crippen LogP contribution in [-0.4, -0.2) is 31.9 Å². The first-order valence-corrected chi connectivity index (χ1v) is 17.6. The fourth-order valence-corrected chi connectivity index (χ4v) is 17.0. The summed E-state index contributed by atoms with van der Waals surface area (Å²) in [5.74, 6) is 6.50. The number of hydrogen-bond donors (Lipinski definition) is 0. The van der Waals surface area contributed by atoms with E-state index in [0.717, 1.165) is 5.76 Å². The Labute approximate surface area is 166 Å². The van der Waals surface area contributed by atoms with Gasteiger partial charge in [0.2, 0.25) is 0 Å². The van der Waals surface area contributed by atoms with E-state index in [1.165, 1.54) is 58.9 Å². The van der Waals surface area contributed by atoms with Crippen LogP contribution in [0.4, 0.5) is 0 Å². The van der Waals surface area contributed by atoms with Crippen molar-refractivity contribution >= 4 is 24.8 Å². The van der Waals surface area contributed by atoms with E-state index in [9.17, 15) is 4.79 Å². The van der Waals surface area contributed by atoms with Crippen molar-refractivity contribution in [3.63, 3.8) is 0 Å². The molecular formula is C22H40O3Sn. The van der Waals surface area contributed by atoms with Gasteiger partial charge in [-0.3, -0.25) is 0 Å². The van der Waals surface area contributed by atoms with Gasteiger partial charge in [-0.15, -0.1) is 0 Å². The molecule has 0 saturated carbocycles. The monoisotopic (exact) mass is 472 g/mol. The minimum absolute atomic E-state index is 0.262. The van der Waals surface area contributed by atoms with Gasteiger partial charge in [0.15, 0.2) is 0 Å². The zero-order valence-corrected chi connectivity index (χ0v) is 20.9. The molecule has 0 spiro atoms. The van der Waals surface area contributed by atoms with Crippen molar-refractivity contribution < 1.29 is 12.6 Å². The summed E-state index contributed by atoms with van der Waals surface area (Å²) < 4.78 is 15.6. The molecule has 0 radical (unpaired) electrons. The molecule has 0 aromatic carbocycles. The molecule has 0 aliphatic rings. The zero-order valence-electron chi connectivity index (χ0n) is 18.0. The van der Waals surface area contributed by atoms with Crippen molar-refractivity contribution in [2.45, 2.75) is 99.3 Å². The fraction of sp³-hybridized carbons (Fsp3) is 0.773. The summed E-state index contributed by atoms with van der Waals surface area (Å²) in [4.78, 5) is 12.3. The number of ether oxygens (including phenoxy) is 1. The van der Waals surface area contributed by atoms with Crippen LogP contribution in [0.25, 0.3) is 0 Å². The number of unbranched alkanes of at least 4 members (excludes halogenated alkanes) is 3. The average molecular weight is 471 g/mol. The number of methoxy groups -OCH3 is 1. The molecule has 0 atom stereocenters. The summed E-state index contributed by atoms with van der Waals surface area (Å²) in [5, 5.41) is 0. The second-order valence-corrected chi connectivity index (χ2v) is 18.7. The van der Waals surface area contributed by atoms with Gasteiger partial charge < -0.3 is 0 Å². The molecule has 150 valence electrons. The molecule has 0 aliphatic heterocycles. The number of rotatable bonds is 14. The molecule has 3 nitrogen and oxygen atoms in total. The van der Waals surface area contributed by atoms with Crippen LogP contribution in [-0.2, 0) is 12.6 Å². The Morgan fingerprint density at radius 2 is 1.46 bits per heavy atom. The topological polar surface area (TPSA) is 35.5 Å². The summed E-state index contributed by atoms with van der Waals surface area (Å²) >= 11 is -2.78. The third-order valence-electron chi connectivity index (χ3n) is 4.86. The third-order valence-corrected chi connectivity index (χ3v) is 17.8. The molecule has 26 heavy (non-hydrogen) atoms. The Balaban J connectivity index is 5.62. The second-order valence-electron chi connectivity index (χ2n) is 7.05. The first kappa shape index (κ1) is 25.4. The van der Waals surface area contributed by atoms with E-state index in [-0.39, 0.29) is 5.97 Å². The van der Waals surface area contributed by atoms with Crippen LogP contribution in [0, 0.1) is 11.8 Å². The van der Waals surface area contributed by atoms with Crippen LogP contribution in [0.5, 0.6) is 0 Å². The average Bonchev–Trinajstić information content (AvgIpc) is 2.65. The molecule has 0 saturated heterocycles. The Kier molecular flexibility index (Phi) is 15.1. The van der Waals surface area contributed by atoms with Crippen molar-refractivity contribution in [1.82, 2.24) is 0 Å². The van der Waals surface area contributed by atoms with Gasteiger partial charge >= 0.3 is 167 Å². The number of allylic oxidation sites excluding steroid dienone is 1. The first-order chi connectivity index (χ1) is 12.5. The Hall–Kier alpha value is -0.631. The SMILES string of the molecule is CC#CCC/C(C(=O)OC)=C(\C)[O][Sn]([CH2]CCC)([CH2]CCC)[CH2]CCC. The Bertz CT molecular complexity index is 464. The van der Waals surface area contributed by atoms with E-state index in [1.807, 2.05) is 13.8 Å². The van der Waals surface area contributed by atoms with Crippen LogP contribution in [0.2, 0.25) is 13.3 Å². The van der Waals surface area contributed by atoms with E-state index >= 15 is 0 Å². The van der Waals surface area contributed by atoms with Gasteiger partial charge in [-0.1, -0.05) is 0 Å². The first-order valence-electron chi connectivity index (χ1n) is 10.4. The Morgan fingerprint density at radius 3 is 1.85 bits per heavy atom. The van der Waals surface area contributed by atoms with E-state index in [4.69, 9.17) is 7.81 Å². The minimum atomic E-state index is -2.78. The van der Waals surface area contributed by atoms with Crippen LogP contribution < -0.4 is 0 Å². The van der Waals surface area contributed by atoms with E-state index in [0.29, 0.717) is 18.4 Å². The predicted octanol–water partition coefficient (Wildman–Crippen LogP) is 6.60. The van der Waals surface area contributed by atoms with Crippen molar-refractivity contribution in [3.05, 3.63) is 11.3 Å². The number of carbonyl (C=O) groups excluding carboxylic acids is 1. The molecule has 0 aromatic rings. The third kappa shape index (κ3) is 9.90. The summed E-state index contributed by atoms with van der Waals surface area (Å²) in [5.41, 5.74) is 0.681. The zero-order chi connectivity index (χ0) is 19.8. The van der Waals surface area contributed by atoms with Crippen LogP contribution in [0.15, 0.2) is 11.3 Å². The molecule has 0 aromatic heterocycles. The van der Waals surface area contributed by atoms with Gasteiger partial charge in [0.25, 0.3) is 0 Å². The summed E-state index contributed by atoms with van der Waals surface area (Å²) in [6.07, 6.45) is 8.62. The molecule has 0 amide bonds. The van der Waals surface area contributed by atoms with Gasteiger partial charge in [-0.25, -0.2) is 0 Å². The van der Waals surface area contributed by atoms with Crippen LogP contribution >= 0.6 is 0 Å². The van der Waals surface area contributed by atoms with Crippen molar-refractivity contribution in [3.8, 4) is 11.8 Å². The molecule has 0 fully saturated rings. The van der Waals surface area contributed by atoms with E-state index < -0.39 is 18.8 Å². The maximum atomic E-state index is 12.3. The Morgan fingerprint density at radius 1 is 0.962 bits per heavy atom. The second kappa shape index (κ2) is 15.4. The van der Waals surface area contributed by atoms with Crippen molar-refractivity contribution in [1.29, 1.82) is 0 Å². The van der Waals surface area contributed by atoms with Gasteiger partial charge in [0.1, 0.15) is 0 Å². The molecule has 0 rings (SSSR count).